The van der Waals surface area contributed by atoms with Crippen molar-refractivity contribution in [2.24, 2.45) is 5.10 Å². The standard InChI is InChI=1S/C25H22N4O3/c1-31-24-13-6-5-10-20(24)16-26-29-25(30)23-15-22(27-28-23)19-11-7-12-21(14-19)32-17-18-8-3-2-4-9-18/h2-16H,17H2,1H3,(H,27,28)(H,29,30)/b26-16+. The lowest BCUT2D eigenvalue weighted by molar-refractivity contribution is 0.0950. The number of carbonyl (C=O) groups excluding carboxylic acids is 1. The number of hydrazone groups is 1. The number of aromatic amines is 1. The molecule has 0 saturated heterocycles. The molecule has 0 aliphatic rings. The first kappa shape index (κ1) is 20.9. The Morgan fingerprint density at radius 3 is 2.69 bits per heavy atom. The summed E-state index contributed by atoms with van der Waals surface area (Å²) in [5, 5.41) is 11.0. The summed E-state index contributed by atoms with van der Waals surface area (Å²) >= 11 is 0. The minimum Gasteiger partial charge on any atom is -0.496 e. The molecule has 0 bridgehead atoms. The Morgan fingerprint density at radius 1 is 1.03 bits per heavy atom. The van der Waals surface area contributed by atoms with Crippen molar-refractivity contribution in [3.63, 3.8) is 0 Å². The Hall–Kier alpha value is -4.39. The third-order valence-corrected chi connectivity index (χ3v) is 4.71. The lowest BCUT2D eigenvalue weighted by Gasteiger charge is -2.07. The van der Waals surface area contributed by atoms with Gasteiger partial charge >= 0.3 is 0 Å². The van der Waals surface area contributed by atoms with Crippen molar-refractivity contribution in [2.45, 2.75) is 6.61 Å². The van der Waals surface area contributed by atoms with Crippen LogP contribution in [0.25, 0.3) is 11.3 Å². The van der Waals surface area contributed by atoms with E-state index in [1.807, 2.05) is 78.9 Å². The largest absolute Gasteiger partial charge is 0.496 e. The van der Waals surface area contributed by atoms with Crippen LogP contribution in [0.1, 0.15) is 21.6 Å². The van der Waals surface area contributed by atoms with Gasteiger partial charge in [0.15, 0.2) is 0 Å². The Balaban J connectivity index is 1.39. The number of hydrogen-bond donors (Lipinski definition) is 2. The summed E-state index contributed by atoms with van der Waals surface area (Å²) in [7, 11) is 1.58. The van der Waals surface area contributed by atoms with Gasteiger partial charge in [0.25, 0.3) is 5.91 Å². The van der Waals surface area contributed by atoms with E-state index in [1.165, 1.54) is 6.21 Å². The quantitative estimate of drug-likeness (QED) is 0.322. The van der Waals surface area contributed by atoms with Crippen LogP contribution in [0.5, 0.6) is 11.5 Å². The summed E-state index contributed by atoms with van der Waals surface area (Å²) in [5.41, 5.74) is 6.11. The third kappa shape index (κ3) is 5.20. The summed E-state index contributed by atoms with van der Waals surface area (Å²) in [4.78, 5) is 12.4. The van der Waals surface area contributed by atoms with E-state index in [4.69, 9.17) is 9.47 Å². The van der Waals surface area contributed by atoms with Crippen LogP contribution in [0.15, 0.2) is 90.0 Å². The maximum atomic E-state index is 12.4. The number of carbonyl (C=O) groups is 1. The Bertz CT molecular complexity index is 1220. The maximum absolute atomic E-state index is 12.4. The molecule has 0 aliphatic heterocycles. The van der Waals surface area contributed by atoms with Crippen LogP contribution in [0.2, 0.25) is 0 Å². The van der Waals surface area contributed by atoms with E-state index in [9.17, 15) is 4.79 Å². The highest BCUT2D eigenvalue weighted by molar-refractivity contribution is 5.94. The van der Waals surface area contributed by atoms with Gasteiger partial charge in [-0.3, -0.25) is 9.89 Å². The Kier molecular flexibility index (Phi) is 6.57. The van der Waals surface area contributed by atoms with E-state index in [0.717, 1.165) is 22.4 Å². The van der Waals surface area contributed by atoms with E-state index >= 15 is 0 Å². The molecule has 4 rings (SSSR count). The fourth-order valence-corrected chi connectivity index (χ4v) is 3.07. The second-order valence-corrected chi connectivity index (χ2v) is 6.91. The zero-order chi connectivity index (χ0) is 22.2. The van der Waals surface area contributed by atoms with E-state index < -0.39 is 5.91 Å². The number of amides is 1. The number of benzene rings is 3. The lowest BCUT2D eigenvalue weighted by Crippen LogP contribution is -2.18. The van der Waals surface area contributed by atoms with E-state index in [2.05, 4.69) is 20.7 Å². The number of nitrogens with zero attached hydrogens (tertiary/aromatic N) is 2. The van der Waals surface area contributed by atoms with Gasteiger partial charge in [-0.1, -0.05) is 54.6 Å². The summed E-state index contributed by atoms with van der Waals surface area (Å²) in [5.74, 6) is 0.997. The normalized spacial score (nSPS) is 10.8. The molecule has 160 valence electrons. The maximum Gasteiger partial charge on any atom is 0.289 e. The first-order chi connectivity index (χ1) is 15.7. The van der Waals surface area contributed by atoms with Gasteiger partial charge in [0.1, 0.15) is 23.8 Å². The van der Waals surface area contributed by atoms with E-state index in [0.29, 0.717) is 23.7 Å². The molecule has 0 aliphatic carbocycles. The van der Waals surface area contributed by atoms with Gasteiger partial charge in [-0.25, -0.2) is 5.43 Å². The number of H-pyrrole nitrogens is 1. The molecule has 32 heavy (non-hydrogen) atoms. The van der Waals surface area contributed by atoms with E-state index in [-0.39, 0.29) is 0 Å². The second kappa shape index (κ2) is 10.1. The van der Waals surface area contributed by atoms with E-state index in [1.54, 1.807) is 13.2 Å². The SMILES string of the molecule is COc1ccccc1/C=N/NC(=O)c1cc(-c2cccc(OCc3ccccc3)c2)n[nH]1. The van der Waals surface area contributed by atoms with Crippen LogP contribution in [-0.4, -0.2) is 29.4 Å². The third-order valence-electron chi connectivity index (χ3n) is 4.71. The predicted octanol–water partition coefficient (Wildman–Crippen LogP) is 4.43. The second-order valence-electron chi connectivity index (χ2n) is 6.91. The van der Waals surface area contributed by atoms with Crippen molar-refractivity contribution in [3.8, 4) is 22.8 Å². The van der Waals surface area contributed by atoms with Gasteiger partial charge in [-0.2, -0.15) is 10.2 Å². The summed E-state index contributed by atoms with van der Waals surface area (Å²) in [6.45, 7) is 0.475. The number of para-hydroxylation sites is 1. The van der Waals surface area contributed by atoms with Gasteiger partial charge in [0.05, 0.1) is 19.0 Å². The predicted molar refractivity (Wildman–Crippen MR) is 123 cm³/mol. The van der Waals surface area contributed by atoms with Gasteiger partial charge < -0.3 is 9.47 Å². The van der Waals surface area contributed by atoms with Gasteiger partial charge in [-0.15, -0.1) is 0 Å². The zero-order valence-corrected chi connectivity index (χ0v) is 17.5. The van der Waals surface area contributed by atoms with Gasteiger partial charge in [0, 0.05) is 11.1 Å². The van der Waals surface area contributed by atoms with Crippen LogP contribution in [0, 0.1) is 0 Å². The monoisotopic (exact) mass is 426 g/mol. The summed E-state index contributed by atoms with van der Waals surface area (Å²) in [6, 6.07) is 26.6. The van der Waals surface area contributed by atoms with Gasteiger partial charge in [0.2, 0.25) is 0 Å². The van der Waals surface area contributed by atoms with Crippen LogP contribution in [0.4, 0.5) is 0 Å². The molecule has 0 fully saturated rings. The summed E-state index contributed by atoms with van der Waals surface area (Å²) < 4.78 is 11.1. The molecule has 1 heterocycles. The molecule has 4 aromatic rings. The molecular weight excluding hydrogens is 404 g/mol. The number of nitrogens with one attached hydrogen (secondary N) is 2. The zero-order valence-electron chi connectivity index (χ0n) is 17.5. The molecular formula is C25H22N4O3. The van der Waals surface area contributed by atoms with Crippen LogP contribution in [0.3, 0.4) is 0 Å². The van der Waals surface area contributed by atoms with Crippen molar-refractivity contribution < 1.29 is 14.3 Å². The average Bonchev–Trinajstić information content (AvgIpc) is 3.34. The van der Waals surface area contributed by atoms with Gasteiger partial charge in [-0.05, 0) is 35.9 Å². The molecule has 3 aromatic carbocycles. The Labute approximate surface area is 185 Å². The summed E-state index contributed by atoms with van der Waals surface area (Å²) in [6.07, 6.45) is 1.53. The molecule has 0 unspecified atom stereocenters. The number of aromatic nitrogens is 2. The molecule has 0 atom stereocenters. The van der Waals surface area contributed by atoms with Crippen LogP contribution >= 0.6 is 0 Å². The minimum atomic E-state index is -0.397. The Morgan fingerprint density at radius 2 is 1.84 bits per heavy atom. The average molecular weight is 426 g/mol. The fraction of sp³-hybridized carbons (Fsp3) is 0.0800. The van der Waals surface area contributed by atoms with Crippen molar-refractivity contribution >= 4 is 12.1 Å². The highest BCUT2D eigenvalue weighted by Crippen LogP contribution is 2.23. The molecule has 1 amide bonds. The van der Waals surface area contributed by atoms with Crippen LogP contribution < -0.4 is 14.9 Å². The molecule has 7 heteroatoms. The minimum absolute atomic E-state index is 0.299. The van der Waals surface area contributed by atoms with Crippen molar-refractivity contribution in [1.82, 2.24) is 15.6 Å². The molecule has 1 aromatic heterocycles. The molecule has 0 radical (unpaired) electrons. The smallest absolute Gasteiger partial charge is 0.289 e. The topological polar surface area (TPSA) is 88.6 Å². The molecule has 0 saturated carbocycles. The molecule has 2 N–H and O–H groups in total. The number of rotatable bonds is 8. The first-order valence-corrected chi connectivity index (χ1v) is 10.0. The lowest BCUT2D eigenvalue weighted by atomic mass is 10.1. The number of methoxy groups -OCH3 is 1. The molecule has 7 nitrogen and oxygen atoms in total. The van der Waals surface area contributed by atoms with Crippen LogP contribution in [-0.2, 0) is 6.61 Å². The first-order valence-electron chi connectivity index (χ1n) is 10.0. The highest BCUT2D eigenvalue weighted by Gasteiger charge is 2.11. The molecule has 0 spiro atoms. The van der Waals surface area contributed by atoms with Crippen molar-refractivity contribution in [2.75, 3.05) is 7.11 Å². The van der Waals surface area contributed by atoms with Crippen molar-refractivity contribution in [3.05, 3.63) is 102 Å². The fourth-order valence-electron chi connectivity index (χ4n) is 3.07. The van der Waals surface area contributed by atoms with Crippen molar-refractivity contribution in [1.29, 1.82) is 0 Å². The number of ether oxygens (including phenoxy) is 2. The number of hydrogen-bond acceptors (Lipinski definition) is 5. The highest BCUT2D eigenvalue weighted by atomic mass is 16.5.